The minimum atomic E-state index is 0.639. The average Bonchev–Trinajstić information content (AvgIpc) is 2.73. The van der Waals surface area contributed by atoms with E-state index < -0.39 is 0 Å². The summed E-state index contributed by atoms with van der Waals surface area (Å²) in [7, 11) is 0. The van der Waals surface area contributed by atoms with Crippen molar-refractivity contribution in [2.45, 2.75) is 12.3 Å². The third kappa shape index (κ3) is 3.79. The lowest BCUT2D eigenvalue weighted by Crippen LogP contribution is -1.90. The third-order valence-corrected chi connectivity index (χ3v) is 4.87. The summed E-state index contributed by atoms with van der Waals surface area (Å²) < 4.78 is 0. The fraction of sp³-hybridized carbons (Fsp3) is 0.0909. The highest BCUT2D eigenvalue weighted by Gasteiger charge is 2.06. The molecule has 130 valence electrons. The summed E-state index contributed by atoms with van der Waals surface area (Å²) in [6.45, 7) is 1.95. The second-order valence-corrected chi connectivity index (χ2v) is 6.40. The van der Waals surface area contributed by atoms with Crippen molar-refractivity contribution >= 4 is 37.7 Å². The number of pyridine rings is 2. The third-order valence-electron chi connectivity index (χ3n) is 4.31. The lowest BCUT2D eigenvalue weighted by Gasteiger charge is -2.03. The first-order valence-electron chi connectivity index (χ1n) is 8.26. The smallest absolute Gasteiger partial charge is 0.101 e. The van der Waals surface area contributed by atoms with Crippen LogP contribution in [-0.2, 0) is 5.33 Å². The second-order valence-electron chi connectivity index (χ2n) is 5.84. The fourth-order valence-corrected chi connectivity index (χ4v) is 3.43. The zero-order chi connectivity index (χ0) is 19.2. The number of nitriles is 2. The van der Waals surface area contributed by atoms with Gasteiger partial charge in [-0.25, -0.2) is 0 Å². The van der Waals surface area contributed by atoms with Crippen LogP contribution in [0.25, 0.3) is 21.8 Å². The lowest BCUT2D eigenvalue weighted by atomic mass is 10.1. The number of fused-ring (bicyclic) bond motifs is 2. The Bertz CT molecular complexity index is 1200. The van der Waals surface area contributed by atoms with E-state index in [0.29, 0.717) is 16.5 Å². The number of hydrogen-bond acceptors (Lipinski definition) is 4. The SMILES string of the molecule is Cc1c(C#N)cnc2ccccc12.N#Cc1cnc2ccccc2c1CBr. The Morgan fingerprint density at radius 1 is 0.815 bits per heavy atom. The van der Waals surface area contributed by atoms with Crippen LogP contribution >= 0.6 is 15.9 Å². The monoisotopic (exact) mass is 414 g/mol. The molecule has 0 saturated carbocycles. The van der Waals surface area contributed by atoms with Gasteiger partial charge < -0.3 is 0 Å². The van der Waals surface area contributed by atoms with Crippen LogP contribution in [0, 0.1) is 29.6 Å². The van der Waals surface area contributed by atoms with Gasteiger partial charge in [-0.2, -0.15) is 10.5 Å². The number of halogens is 1. The van der Waals surface area contributed by atoms with E-state index in [1.807, 2.05) is 55.5 Å². The van der Waals surface area contributed by atoms with Crippen LogP contribution in [0.5, 0.6) is 0 Å². The number of hydrogen-bond donors (Lipinski definition) is 0. The van der Waals surface area contributed by atoms with Gasteiger partial charge in [0, 0.05) is 28.5 Å². The second kappa shape index (κ2) is 8.40. The van der Waals surface area contributed by atoms with E-state index in [0.717, 1.165) is 32.9 Å². The van der Waals surface area contributed by atoms with Gasteiger partial charge in [0.2, 0.25) is 0 Å². The van der Waals surface area contributed by atoms with Crippen LogP contribution in [0.2, 0.25) is 0 Å². The van der Waals surface area contributed by atoms with Gasteiger partial charge >= 0.3 is 0 Å². The van der Waals surface area contributed by atoms with Crippen LogP contribution in [-0.4, -0.2) is 9.97 Å². The van der Waals surface area contributed by atoms with E-state index in [2.05, 4.69) is 38.0 Å². The van der Waals surface area contributed by atoms with Crippen molar-refractivity contribution in [2.75, 3.05) is 0 Å². The highest BCUT2D eigenvalue weighted by molar-refractivity contribution is 9.08. The molecule has 0 fully saturated rings. The number of para-hydroxylation sites is 2. The van der Waals surface area contributed by atoms with Crippen LogP contribution in [0.4, 0.5) is 0 Å². The standard InChI is InChI=1S/C11H7BrN2.C11H8N2/c12-5-10-8(6-13)7-14-11-4-2-1-3-9(10)11;1-8-9(6-12)7-13-11-5-3-2-4-10(8)11/h1-4,7H,5H2;2-5,7H,1H3. The number of nitrogens with zero attached hydrogens (tertiary/aromatic N) is 4. The van der Waals surface area contributed by atoms with Crippen LogP contribution in [0.15, 0.2) is 60.9 Å². The van der Waals surface area contributed by atoms with Crippen molar-refractivity contribution in [1.29, 1.82) is 10.5 Å². The molecule has 0 amide bonds. The van der Waals surface area contributed by atoms with E-state index in [9.17, 15) is 0 Å². The van der Waals surface area contributed by atoms with Crippen LogP contribution < -0.4 is 0 Å². The maximum absolute atomic E-state index is 8.90. The first-order chi connectivity index (χ1) is 13.2. The summed E-state index contributed by atoms with van der Waals surface area (Å²) >= 11 is 3.39. The molecule has 27 heavy (non-hydrogen) atoms. The van der Waals surface area contributed by atoms with E-state index in [4.69, 9.17) is 10.5 Å². The Morgan fingerprint density at radius 3 is 1.93 bits per heavy atom. The molecule has 0 saturated heterocycles. The summed E-state index contributed by atoms with van der Waals surface area (Å²) in [4.78, 5) is 8.41. The zero-order valence-electron chi connectivity index (χ0n) is 14.6. The predicted molar refractivity (Wildman–Crippen MR) is 110 cm³/mol. The molecule has 0 N–H and O–H groups in total. The van der Waals surface area contributed by atoms with Gasteiger partial charge in [-0.15, -0.1) is 0 Å². The van der Waals surface area contributed by atoms with Gasteiger partial charge in [0.15, 0.2) is 0 Å². The van der Waals surface area contributed by atoms with Gasteiger partial charge in [0.25, 0.3) is 0 Å². The summed E-state index contributed by atoms with van der Waals surface area (Å²) in [5, 5.41) is 20.5. The van der Waals surface area contributed by atoms with E-state index >= 15 is 0 Å². The molecule has 0 aliphatic carbocycles. The minimum absolute atomic E-state index is 0.639. The molecule has 5 heteroatoms. The van der Waals surface area contributed by atoms with Gasteiger partial charge in [-0.3, -0.25) is 9.97 Å². The highest BCUT2D eigenvalue weighted by atomic mass is 79.9. The topological polar surface area (TPSA) is 73.4 Å². The van der Waals surface area contributed by atoms with Crippen LogP contribution in [0.1, 0.15) is 22.3 Å². The molecule has 0 aliphatic rings. The summed E-state index contributed by atoms with van der Waals surface area (Å²) in [6, 6.07) is 19.9. The van der Waals surface area contributed by atoms with Crippen molar-refractivity contribution in [3.8, 4) is 12.1 Å². The van der Waals surface area contributed by atoms with Gasteiger partial charge in [-0.05, 0) is 30.2 Å². The molecular formula is C22H15BrN4. The maximum Gasteiger partial charge on any atom is 0.101 e. The molecule has 0 radical (unpaired) electrons. The fourth-order valence-electron chi connectivity index (χ4n) is 2.83. The summed E-state index contributed by atoms with van der Waals surface area (Å²) in [5.74, 6) is 0. The number of aryl methyl sites for hydroxylation is 1. The Kier molecular flexibility index (Phi) is 5.76. The average molecular weight is 415 g/mol. The molecule has 0 atom stereocenters. The largest absolute Gasteiger partial charge is 0.255 e. The van der Waals surface area contributed by atoms with Gasteiger partial charge in [0.1, 0.15) is 12.1 Å². The van der Waals surface area contributed by atoms with Crippen molar-refractivity contribution in [1.82, 2.24) is 9.97 Å². The van der Waals surface area contributed by atoms with E-state index in [1.54, 1.807) is 12.4 Å². The Balaban J connectivity index is 0.000000156. The Morgan fingerprint density at radius 2 is 1.33 bits per heavy atom. The van der Waals surface area contributed by atoms with Gasteiger partial charge in [-0.1, -0.05) is 52.3 Å². The van der Waals surface area contributed by atoms with E-state index in [1.165, 1.54) is 0 Å². The van der Waals surface area contributed by atoms with Gasteiger partial charge in [0.05, 0.1) is 22.2 Å². The molecular weight excluding hydrogens is 400 g/mol. The first-order valence-corrected chi connectivity index (χ1v) is 9.39. The first kappa shape index (κ1) is 18.5. The number of aromatic nitrogens is 2. The molecule has 2 heterocycles. The van der Waals surface area contributed by atoms with Crippen molar-refractivity contribution in [2.24, 2.45) is 0 Å². The minimum Gasteiger partial charge on any atom is -0.255 e. The highest BCUT2D eigenvalue weighted by Crippen LogP contribution is 2.22. The molecule has 4 aromatic rings. The van der Waals surface area contributed by atoms with Crippen molar-refractivity contribution in [3.05, 3.63) is 83.2 Å². The summed E-state index contributed by atoms with van der Waals surface area (Å²) in [5.41, 5.74) is 5.19. The zero-order valence-corrected chi connectivity index (χ0v) is 16.2. The van der Waals surface area contributed by atoms with Crippen molar-refractivity contribution < 1.29 is 0 Å². The molecule has 4 nitrogen and oxygen atoms in total. The van der Waals surface area contributed by atoms with Crippen molar-refractivity contribution in [3.63, 3.8) is 0 Å². The molecule has 0 bridgehead atoms. The molecule has 0 spiro atoms. The molecule has 0 unspecified atom stereocenters. The predicted octanol–water partition coefficient (Wildman–Crippen LogP) is 5.42. The lowest BCUT2D eigenvalue weighted by molar-refractivity contribution is 1.31. The molecule has 4 rings (SSSR count). The molecule has 0 aliphatic heterocycles. The Labute approximate surface area is 165 Å². The molecule has 2 aromatic heterocycles. The number of alkyl halides is 1. The maximum atomic E-state index is 8.90. The summed E-state index contributed by atoms with van der Waals surface area (Å²) in [6.07, 6.45) is 3.25. The normalized spacial score (nSPS) is 9.93. The molecule has 2 aromatic carbocycles. The van der Waals surface area contributed by atoms with Crippen LogP contribution in [0.3, 0.4) is 0 Å². The number of benzene rings is 2. The number of rotatable bonds is 1. The van der Waals surface area contributed by atoms with E-state index in [-0.39, 0.29) is 0 Å². The quantitative estimate of drug-likeness (QED) is 0.390. The Hall–Kier alpha value is -3.28.